The van der Waals surface area contributed by atoms with E-state index >= 15 is 0 Å². The van der Waals surface area contributed by atoms with E-state index in [1.807, 2.05) is 0 Å². The van der Waals surface area contributed by atoms with Crippen molar-refractivity contribution < 1.29 is 23.1 Å². The second kappa shape index (κ2) is 11.4. The van der Waals surface area contributed by atoms with E-state index in [0.717, 1.165) is 31.4 Å². The number of hydrogen-bond donors (Lipinski definition) is 3. The van der Waals surface area contributed by atoms with Crippen molar-refractivity contribution in [2.24, 2.45) is 11.8 Å². The van der Waals surface area contributed by atoms with Crippen LogP contribution in [0.25, 0.3) is 10.4 Å². The maximum Gasteiger partial charge on any atom is 0.306 e. The van der Waals surface area contributed by atoms with Crippen LogP contribution in [0.2, 0.25) is 10.0 Å². The third-order valence-electron chi connectivity index (χ3n) is 6.94. The van der Waals surface area contributed by atoms with E-state index in [-0.39, 0.29) is 31.9 Å². The highest BCUT2D eigenvalue weighted by molar-refractivity contribution is 7.89. The average molecular weight is 603 g/mol. The highest BCUT2D eigenvalue weighted by Crippen LogP contribution is 2.43. The van der Waals surface area contributed by atoms with Crippen LogP contribution in [0, 0.1) is 11.8 Å². The predicted molar refractivity (Wildman–Crippen MR) is 150 cm³/mol. The lowest BCUT2D eigenvalue weighted by molar-refractivity contribution is -0.145. The number of aromatic nitrogens is 1. The van der Waals surface area contributed by atoms with Crippen LogP contribution in [0.1, 0.15) is 81.2 Å². The van der Waals surface area contributed by atoms with Crippen molar-refractivity contribution in [2.75, 3.05) is 0 Å². The van der Waals surface area contributed by atoms with Crippen molar-refractivity contribution in [1.29, 1.82) is 0 Å². The molecule has 1 aromatic heterocycles. The van der Waals surface area contributed by atoms with E-state index in [9.17, 15) is 18.0 Å². The van der Waals surface area contributed by atoms with Gasteiger partial charge in [-0.25, -0.2) is 18.1 Å². The maximum atomic E-state index is 13.0. The largest absolute Gasteiger partial charge is 0.481 e. The van der Waals surface area contributed by atoms with Crippen molar-refractivity contribution >= 4 is 56.4 Å². The molecule has 12 heteroatoms. The van der Waals surface area contributed by atoms with E-state index in [2.05, 4.69) is 10.0 Å². The molecule has 38 heavy (non-hydrogen) atoms. The van der Waals surface area contributed by atoms with Gasteiger partial charge in [-0.3, -0.25) is 9.59 Å². The molecule has 0 spiro atoms. The smallest absolute Gasteiger partial charge is 0.306 e. The van der Waals surface area contributed by atoms with Crippen molar-refractivity contribution in [3.8, 4) is 10.4 Å². The van der Waals surface area contributed by atoms with Gasteiger partial charge in [0.1, 0.15) is 4.90 Å². The Labute approximate surface area is 237 Å². The van der Waals surface area contributed by atoms with Gasteiger partial charge in [0.15, 0.2) is 5.01 Å². The zero-order valence-corrected chi connectivity index (χ0v) is 24.8. The summed E-state index contributed by atoms with van der Waals surface area (Å²) in [7, 11) is -3.92. The van der Waals surface area contributed by atoms with Crippen molar-refractivity contribution in [1.82, 2.24) is 15.0 Å². The summed E-state index contributed by atoms with van der Waals surface area (Å²) in [5.74, 6) is -1.20. The number of benzene rings is 1. The number of carboxylic acid groups (broad SMARTS) is 1. The van der Waals surface area contributed by atoms with Gasteiger partial charge >= 0.3 is 5.97 Å². The average Bonchev–Trinajstić information content (AvgIpc) is 3.19. The molecule has 4 rings (SSSR count). The highest BCUT2D eigenvalue weighted by atomic mass is 35.5. The van der Waals surface area contributed by atoms with E-state index in [4.69, 9.17) is 33.3 Å². The third-order valence-corrected chi connectivity index (χ3v) is 10.9. The summed E-state index contributed by atoms with van der Waals surface area (Å²) in [6, 6.07) is 2.85. The van der Waals surface area contributed by atoms with E-state index < -0.39 is 27.4 Å². The molecular weight excluding hydrogens is 569 g/mol. The van der Waals surface area contributed by atoms with Crippen molar-refractivity contribution in [2.45, 2.75) is 88.6 Å². The number of halogens is 2. The lowest BCUT2D eigenvalue weighted by Gasteiger charge is -2.32. The Kier molecular flexibility index (Phi) is 8.79. The lowest BCUT2D eigenvalue weighted by Crippen LogP contribution is -2.46. The van der Waals surface area contributed by atoms with Gasteiger partial charge in [0.25, 0.3) is 5.91 Å². The first-order valence-corrected chi connectivity index (χ1v) is 15.9. The number of aliphatic carboxylic acids is 1. The van der Waals surface area contributed by atoms with Crippen LogP contribution in [-0.4, -0.2) is 42.0 Å². The zero-order valence-electron chi connectivity index (χ0n) is 21.6. The molecule has 1 heterocycles. The van der Waals surface area contributed by atoms with Crippen LogP contribution in [0.4, 0.5) is 0 Å². The Bertz CT molecular complexity index is 1330. The minimum Gasteiger partial charge on any atom is -0.481 e. The lowest BCUT2D eigenvalue weighted by atomic mass is 9.80. The first-order valence-electron chi connectivity index (χ1n) is 12.8. The normalized spacial score (nSPS) is 20.7. The molecule has 3 N–H and O–H groups in total. The molecule has 0 unspecified atom stereocenters. The molecule has 0 bridgehead atoms. The number of nitrogens with one attached hydrogen (secondary N) is 2. The molecule has 8 nitrogen and oxygen atoms in total. The minimum atomic E-state index is -3.92. The molecule has 0 aliphatic heterocycles. The van der Waals surface area contributed by atoms with Gasteiger partial charge in [-0.1, -0.05) is 61.4 Å². The molecule has 1 amide bonds. The molecular formula is C26H33Cl2N3O5S2. The summed E-state index contributed by atoms with van der Waals surface area (Å²) in [5.41, 5.74) is 0.569. The Balaban J connectivity index is 1.66. The third kappa shape index (κ3) is 6.70. The molecule has 2 saturated carbocycles. The number of carbonyl (C=O) groups is 2. The maximum absolute atomic E-state index is 13.0. The van der Waals surface area contributed by atoms with Gasteiger partial charge in [-0.15, -0.1) is 11.3 Å². The Morgan fingerprint density at radius 1 is 1.11 bits per heavy atom. The minimum absolute atomic E-state index is 0.0851. The molecule has 2 aliphatic rings. The summed E-state index contributed by atoms with van der Waals surface area (Å²) in [5, 5.41) is 12.3. The first-order chi connectivity index (χ1) is 17.7. The molecule has 1 aromatic carbocycles. The van der Waals surface area contributed by atoms with Crippen LogP contribution in [0.5, 0.6) is 0 Å². The number of thiazole rings is 1. The number of sulfonamides is 1. The standard InChI is InChI=1S/C26H33Cl2N3O5S2/c1-26(2,3)31-38(35,36)19-10-9-17(20(27)21(19)28)22-18(11-14-7-5-4-6-8-14)30-24(37-22)23(32)29-16-12-15(13-16)25(33)34/h9-10,14-16,31H,4-8,11-13H2,1-3H3,(H,29,32)(H,33,34). The molecule has 2 aromatic rings. The topological polar surface area (TPSA) is 125 Å². The van der Waals surface area contributed by atoms with Crippen LogP contribution in [0.15, 0.2) is 17.0 Å². The first kappa shape index (κ1) is 29.3. The van der Waals surface area contributed by atoms with E-state index in [1.165, 1.54) is 23.8 Å². The molecule has 0 radical (unpaired) electrons. The van der Waals surface area contributed by atoms with Crippen molar-refractivity contribution in [3.05, 3.63) is 32.9 Å². The molecule has 2 aliphatic carbocycles. The van der Waals surface area contributed by atoms with Crippen LogP contribution >= 0.6 is 34.5 Å². The second-order valence-corrected chi connectivity index (χ2v) is 14.7. The fourth-order valence-corrected chi connectivity index (χ4v) is 8.39. The molecule has 208 valence electrons. The van der Waals surface area contributed by atoms with Crippen molar-refractivity contribution in [3.63, 3.8) is 0 Å². The summed E-state index contributed by atoms with van der Waals surface area (Å²) >= 11 is 14.4. The zero-order chi connectivity index (χ0) is 27.8. The molecule has 0 saturated heterocycles. The van der Waals surface area contributed by atoms with Gasteiger partial charge in [-0.05, 0) is 52.0 Å². The van der Waals surface area contributed by atoms with E-state index in [1.54, 1.807) is 26.8 Å². The Hall–Kier alpha value is -1.72. The van der Waals surface area contributed by atoms with Gasteiger partial charge in [0, 0.05) is 17.1 Å². The Morgan fingerprint density at radius 2 is 1.76 bits per heavy atom. The van der Waals surface area contributed by atoms with Gasteiger partial charge in [0.2, 0.25) is 10.0 Å². The molecule has 2 fully saturated rings. The number of hydrogen-bond acceptors (Lipinski definition) is 6. The molecule has 0 atom stereocenters. The Morgan fingerprint density at radius 3 is 2.37 bits per heavy atom. The summed E-state index contributed by atoms with van der Waals surface area (Å²) in [6.07, 6.45) is 7.18. The predicted octanol–water partition coefficient (Wildman–Crippen LogP) is 5.91. The van der Waals surface area contributed by atoms with Gasteiger partial charge < -0.3 is 10.4 Å². The fourth-order valence-electron chi connectivity index (χ4n) is 5.02. The highest BCUT2D eigenvalue weighted by Gasteiger charge is 2.36. The fraction of sp³-hybridized carbons (Fsp3) is 0.577. The van der Waals surface area contributed by atoms with Crippen LogP contribution in [-0.2, 0) is 21.2 Å². The van der Waals surface area contributed by atoms with Crippen LogP contribution in [0.3, 0.4) is 0 Å². The summed E-state index contributed by atoms with van der Waals surface area (Å²) < 4.78 is 28.5. The number of rotatable bonds is 8. The van der Waals surface area contributed by atoms with Gasteiger partial charge in [-0.2, -0.15) is 0 Å². The monoisotopic (exact) mass is 601 g/mol. The summed E-state index contributed by atoms with van der Waals surface area (Å²) in [4.78, 5) is 29.4. The quantitative estimate of drug-likeness (QED) is 0.345. The number of amides is 1. The number of nitrogens with zero attached hydrogens (tertiary/aromatic N) is 1. The van der Waals surface area contributed by atoms with Gasteiger partial charge in [0.05, 0.1) is 26.5 Å². The van der Waals surface area contributed by atoms with Crippen LogP contribution < -0.4 is 10.0 Å². The number of carbonyl (C=O) groups excluding carboxylic acids is 1. The second-order valence-electron chi connectivity index (χ2n) is 11.3. The number of carboxylic acids is 1. The summed E-state index contributed by atoms with van der Waals surface area (Å²) in [6.45, 7) is 5.21. The van der Waals surface area contributed by atoms with E-state index in [0.29, 0.717) is 35.6 Å². The SMILES string of the molecule is CC(C)(C)NS(=O)(=O)c1ccc(-c2sc(C(=O)NC3CC(C(=O)O)C3)nc2CC2CCCCC2)c(Cl)c1Cl.